The molecule has 3 fully saturated rings. The number of imidazole rings is 3. The summed E-state index contributed by atoms with van der Waals surface area (Å²) < 4.78 is 33.1. The number of halogens is 1. The van der Waals surface area contributed by atoms with Gasteiger partial charge in [-0.15, -0.1) is 21.5 Å². The van der Waals surface area contributed by atoms with E-state index < -0.39 is 47.4 Å². The summed E-state index contributed by atoms with van der Waals surface area (Å²) in [7, 11) is 8.10. The Balaban J connectivity index is 0.426. The van der Waals surface area contributed by atoms with E-state index >= 15 is 0 Å². The van der Waals surface area contributed by atoms with Crippen molar-refractivity contribution in [2.75, 3.05) is 179 Å². The second-order valence-electron chi connectivity index (χ2n) is 31.0. The zero-order valence-electron chi connectivity index (χ0n) is 70.5. The lowest BCUT2D eigenvalue weighted by atomic mass is 9.96. The number of aryl methyl sites for hydroxylation is 7. The second kappa shape index (κ2) is 43.8. The van der Waals surface area contributed by atoms with Crippen LogP contribution in [0.4, 0.5) is 23.0 Å². The van der Waals surface area contributed by atoms with Gasteiger partial charge in [0, 0.05) is 210 Å². The Kier molecular flexibility index (Phi) is 32.4. The van der Waals surface area contributed by atoms with E-state index in [2.05, 4.69) is 111 Å². The highest BCUT2D eigenvalue weighted by atomic mass is 35.5. The van der Waals surface area contributed by atoms with Gasteiger partial charge in [-0.2, -0.15) is 0 Å². The van der Waals surface area contributed by atoms with E-state index in [0.29, 0.717) is 81.9 Å². The number of ether oxygens (including phenoxy) is 4. The minimum Gasteiger partial charge on any atom is -0.378 e. The Morgan fingerprint density at radius 2 is 1.00 bits per heavy atom. The van der Waals surface area contributed by atoms with Crippen LogP contribution in [-0.4, -0.2) is 295 Å². The average Bonchev–Trinajstić information content (AvgIpc) is 1.59. The topological polar surface area (TPSA) is 418 Å². The van der Waals surface area contributed by atoms with Gasteiger partial charge in [0.25, 0.3) is 29.5 Å². The fraction of sp³-hybridized carbons (Fsp3) is 0.524. The third-order valence-electron chi connectivity index (χ3n) is 22.0. The average molecular weight is 1720 g/mol. The molecule has 0 unspecified atom stereocenters. The molecule has 4 aliphatic heterocycles. The Bertz CT molecular complexity index is 4980. The van der Waals surface area contributed by atoms with Crippen LogP contribution in [0.25, 0.3) is 5.00 Å². The highest BCUT2D eigenvalue weighted by molar-refractivity contribution is 7.15. The van der Waals surface area contributed by atoms with Crippen molar-refractivity contribution in [2.24, 2.45) is 46.1 Å². The molecule has 3 saturated heterocycles. The fourth-order valence-corrected chi connectivity index (χ4v) is 16.5. The molecule has 0 radical (unpaired) electrons. The van der Waals surface area contributed by atoms with Crippen LogP contribution in [0, 0.1) is 26.7 Å². The Morgan fingerprint density at radius 3 is 1.56 bits per heavy atom. The van der Waals surface area contributed by atoms with Gasteiger partial charge in [-0.05, 0) is 95.3 Å². The lowest BCUT2D eigenvalue weighted by Crippen LogP contribution is -2.49. The Morgan fingerprint density at radius 1 is 0.500 bits per heavy atom. The number of hydrogen-bond donors (Lipinski definition) is 9. The maximum Gasteiger partial charge on any atom is 0.291 e. The largest absolute Gasteiger partial charge is 0.378 e. The zero-order valence-corrected chi connectivity index (χ0v) is 72.1. The summed E-state index contributed by atoms with van der Waals surface area (Å²) >= 11 is 7.99. The molecule has 4 aliphatic rings. The van der Waals surface area contributed by atoms with Gasteiger partial charge in [0.2, 0.25) is 35.3 Å². The van der Waals surface area contributed by atoms with E-state index in [0.717, 1.165) is 137 Å². The maximum absolute atomic E-state index is 13.7. The highest BCUT2D eigenvalue weighted by Gasteiger charge is 2.35. The van der Waals surface area contributed by atoms with Gasteiger partial charge in [0.05, 0.1) is 76.4 Å². The molecule has 0 saturated carbocycles. The van der Waals surface area contributed by atoms with E-state index in [4.69, 9.17) is 35.5 Å². The van der Waals surface area contributed by atoms with E-state index in [1.54, 1.807) is 63.5 Å². The number of benzene rings is 1. The first-order chi connectivity index (χ1) is 58.9. The number of thiophene rings is 1. The summed E-state index contributed by atoms with van der Waals surface area (Å²) in [6.07, 6.45) is 13.1. The number of nitrogens with one attached hydrogen (secondary N) is 9. The van der Waals surface area contributed by atoms with E-state index in [9.17, 15) is 43.2 Å². The number of anilines is 4. The number of piperazine rings is 1. The predicted octanol–water partition coefficient (Wildman–Crippen LogP) is 4.00. The van der Waals surface area contributed by atoms with Crippen molar-refractivity contribution >= 4 is 105 Å². The first-order valence-corrected chi connectivity index (χ1v) is 42.6. The van der Waals surface area contributed by atoms with Gasteiger partial charge in [-0.25, -0.2) is 15.0 Å². The molecule has 12 rings (SSSR count). The second-order valence-corrected chi connectivity index (χ2v) is 32.6. The van der Waals surface area contributed by atoms with Crippen LogP contribution in [0.5, 0.6) is 0 Å². The third-order valence-corrected chi connectivity index (χ3v) is 23.4. The molecular formula is C82H112ClN25O13S. The first kappa shape index (κ1) is 90.4. The number of carbonyl (C=O) groups is 9. The molecule has 122 heavy (non-hydrogen) atoms. The Labute approximate surface area is 716 Å². The van der Waals surface area contributed by atoms with Gasteiger partial charge >= 0.3 is 0 Å². The third kappa shape index (κ3) is 25.2. The van der Waals surface area contributed by atoms with Crippen LogP contribution >= 0.6 is 22.9 Å². The summed E-state index contributed by atoms with van der Waals surface area (Å²) in [4.78, 5) is 146. The minimum atomic E-state index is -0.631. The normalized spacial score (nSPS) is 15.5. The number of hydrogen-bond acceptors (Lipinski definition) is 24. The molecular weight excluding hydrogens is 1610 g/mol. The highest BCUT2D eigenvalue weighted by Crippen LogP contribution is 2.40. The van der Waals surface area contributed by atoms with Crippen molar-refractivity contribution in [3.63, 3.8) is 0 Å². The van der Waals surface area contributed by atoms with E-state index in [-0.39, 0.29) is 109 Å². The number of likely N-dealkylation sites (tertiary alicyclic amines) is 2. The zero-order chi connectivity index (χ0) is 86.3. The SMILES string of the molecule is Cc1sc2c(c1C)C(c1ccc(Cl)cc1)=N[C@@H](CC(=O)NC1CCN(CCOCCOCCOCCN3CCN(CC4CCN(CCOCCNC(=O)CCNC(=O)c5nc(NC(=O)CCNC(=O)c6cc(NC(=O)c7nc(NC(=O)CCNC(=O)c8cc(NC(=O)c9nccn9C)cn8C)cn7C)cn6C)cn5C)CC4)CC3)CC1)c1nnc(C)n1-2. The molecule has 1 atom stereocenters. The number of carbonyl (C=O) groups excluding carboxylic acids is 9. The quantitative estimate of drug-likeness (QED) is 0.0244. The van der Waals surface area contributed by atoms with Gasteiger partial charge in [0.15, 0.2) is 23.3 Å². The molecule has 38 nitrogen and oxygen atoms in total. The first-order valence-electron chi connectivity index (χ1n) is 41.4. The number of fused-ring (bicyclic) bond motifs is 3. The lowest BCUT2D eigenvalue weighted by molar-refractivity contribution is -0.123. The standard InChI is InChI=1S/C82H112ClN25O13S/c1-53-54(2)122-82-71(53)72(57-9-11-58(83)12-10-57)92-62(73-98-97-55(3)108(73)82)47-70(112)89-59-18-27-105(28-19-59)35-39-119-41-43-121-44-42-120-40-36-106-30-32-107(33-31-106)48-56-16-25-104(26-17-56)34-38-118-37-24-84-67(109)13-20-88-79(115)75-95-65(51-102(75)7)93-68(110)14-21-87-78(114)64-46-61(50-101(64)6)91-81(117)76-96-66(52-103(76)8)94-69(111)15-22-86-77(113)63-45-60(49-100(63)5)90-80(116)74-85-23-29-99(74)4/h9-12,23,29,45-46,49-52,56,59,62H,13-22,24-28,30-44,47-48H2,1-8H3,(H,84,109)(H,86,113)(H,87,114)(H,88,115)(H,89,112)(H,90,116)(H,91,117)(H,93,110)(H,94,111)/t62-/m0/s1. The van der Waals surface area contributed by atoms with Crippen molar-refractivity contribution in [2.45, 2.75) is 84.2 Å². The van der Waals surface area contributed by atoms with Gasteiger partial charge in [0.1, 0.15) is 28.3 Å². The summed E-state index contributed by atoms with van der Waals surface area (Å²) in [6, 6.07) is 10.2. The molecule has 656 valence electrons. The molecule has 11 heterocycles. The number of piperidine rings is 2. The van der Waals surface area contributed by atoms with Crippen molar-refractivity contribution in [3.05, 3.63) is 141 Å². The van der Waals surface area contributed by atoms with Crippen molar-refractivity contribution < 1.29 is 62.1 Å². The van der Waals surface area contributed by atoms with Crippen molar-refractivity contribution in [1.29, 1.82) is 0 Å². The van der Waals surface area contributed by atoms with Crippen LogP contribution in [-0.2, 0) is 73.4 Å². The van der Waals surface area contributed by atoms with Crippen LogP contribution in [0.1, 0.15) is 143 Å². The summed E-state index contributed by atoms with van der Waals surface area (Å²) in [5.41, 5.74) is 5.05. The molecule has 9 N–H and O–H groups in total. The Hall–Kier alpha value is -10.9. The van der Waals surface area contributed by atoms with Gasteiger partial charge < -0.3 is 104 Å². The fourth-order valence-electron chi connectivity index (χ4n) is 15.1. The molecule has 1 aromatic carbocycles. The molecule has 0 aliphatic carbocycles. The monoisotopic (exact) mass is 1720 g/mol. The van der Waals surface area contributed by atoms with Gasteiger partial charge in [-0.1, -0.05) is 23.7 Å². The van der Waals surface area contributed by atoms with Gasteiger partial charge in [-0.3, -0.25) is 57.6 Å². The van der Waals surface area contributed by atoms with Crippen molar-refractivity contribution in [3.8, 4) is 5.00 Å². The van der Waals surface area contributed by atoms with Crippen molar-refractivity contribution in [1.82, 2.24) is 98.7 Å². The molecule has 7 aromatic heterocycles. The molecule has 8 aromatic rings. The van der Waals surface area contributed by atoms with Crippen LogP contribution in [0.15, 0.2) is 78.6 Å². The molecule has 9 amide bonds. The number of aromatic nitrogens is 11. The number of aliphatic imine (C=N–C) groups is 1. The number of amides is 9. The predicted molar refractivity (Wildman–Crippen MR) is 458 cm³/mol. The smallest absolute Gasteiger partial charge is 0.291 e. The lowest BCUT2D eigenvalue weighted by Gasteiger charge is -2.38. The molecule has 40 heteroatoms. The van der Waals surface area contributed by atoms with E-state index in [1.165, 1.54) is 60.1 Å². The van der Waals surface area contributed by atoms with E-state index in [1.807, 2.05) is 31.2 Å². The van der Waals surface area contributed by atoms with Crippen LogP contribution in [0.3, 0.4) is 0 Å². The molecule has 0 bridgehead atoms. The molecule has 0 spiro atoms. The summed E-state index contributed by atoms with van der Waals surface area (Å²) in [5.74, 6) is -1.37. The summed E-state index contributed by atoms with van der Waals surface area (Å²) in [5, 5.41) is 35.6. The summed E-state index contributed by atoms with van der Waals surface area (Å²) in [6.45, 7) is 22.6. The number of rotatable bonds is 42. The van der Waals surface area contributed by atoms with Crippen LogP contribution < -0.4 is 47.9 Å². The number of nitrogens with zero attached hydrogens (tertiary/aromatic N) is 16. The van der Waals surface area contributed by atoms with Crippen LogP contribution in [0.2, 0.25) is 5.02 Å². The maximum atomic E-state index is 13.7. The minimum absolute atomic E-state index is 0.0153.